The predicted octanol–water partition coefficient (Wildman–Crippen LogP) is 2.29. The molecule has 1 amide bonds. The molecule has 0 bridgehead atoms. The van der Waals surface area contributed by atoms with Crippen LogP contribution in [0.25, 0.3) is 0 Å². The van der Waals surface area contributed by atoms with Crippen molar-refractivity contribution in [1.29, 1.82) is 0 Å². The standard InChI is InChI=1S/C12H15NO3/c1-8(2)13-11(7-16-12(13)15)9-4-3-5-10(14)6-9/h3-6,8,11,14H,7H2,1-2H3. The summed E-state index contributed by atoms with van der Waals surface area (Å²) in [6.07, 6.45) is -0.289. The number of carbonyl (C=O) groups is 1. The van der Waals surface area contributed by atoms with Gasteiger partial charge >= 0.3 is 6.09 Å². The zero-order valence-corrected chi connectivity index (χ0v) is 9.38. The maximum atomic E-state index is 11.5. The van der Waals surface area contributed by atoms with Gasteiger partial charge in [0.2, 0.25) is 0 Å². The van der Waals surface area contributed by atoms with Crippen molar-refractivity contribution in [3.63, 3.8) is 0 Å². The van der Waals surface area contributed by atoms with Crippen LogP contribution in [0.2, 0.25) is 0 Å². The number of aromatic hydroxyl groups is 1. The topological polar surface area (TPSA) is 49.8 Å². The highest BCUT2D eigenvalue weighted by molar-refractivity contribution is 5.71. The summed E-state index contributed by atoms with van der Waals surface area (Å²) in [6.45, 7) is 4.24. The molecule has 86 valence electrons. The van der Waals surface area contributed by atoms with Crippen LogP contribution in [0.3, 0.4) is 0 Å². The van der Waals surface area contributed by atoms with Crippen molar-refractivity contribution in [3.05, 3.63) is 29.8 Å². The van der Waals surface area contributed by atoms with Gasteiger partial charge < -0.3 is 9.84 Å². The Labute approximate surface area is 94.4 Å². The normalized spacial score (nSPS) is 20.3. The van der Waals surface area contributed by atoms with Crippen LogP contribution in [-0.2, 0) is 4.74 Å². The summed E-state index contributed by atoms with van der Waals surface area (Å²) >= 11 is 0. The number of hydrogen-bond acceptors (Lipinski definition) is 3. The number of hydrogen-bond donors (Lipinski definition) is 1. The lowest BCUT2D eigenvalue weighted by Crippen LogP contribution is -2.33. The number of rotatable bonds is 2. The van der Waals surface area contributed by atoms with E-state index >= 15 is 0 Å². The summed E-state index contributed by atoms with van der Waals surface area (Å²) in [5.41, 5.74) is 0.902. The Morgan fingerprint density at radius 3 is 2.88 bits per heavy atom. The largest absolute Gasteiger partial charge is 0.508 e. The van der Waals surface area contributed by atoms with Crippen molar-refractivity contribution in [3.8, 4) is 5.75 Å². The molecule has 0 radical (unpaired) electrons. The molecule has 1 aliphatic heterocycles. The molecule has 0 saturated carbocycles. The summed E-state index contributed by atoms with van der Waals surface area (Å²) in [5, 5.41) is 9.42. The lowest BCUT2D eigenvalue weighted by Gasteiger charge is -2.25. The van der Waals surface area contributed by atoms with E-state index in [1.165, 1.54) is 0 Å². The second-order valence-electron chi connectivity index (χ2n) is 4.19. The molecule has 16 heavy (non-hydrogen) atoms. The van der Waals surface area contributed by atoms with Crippen LogP contribution in [0.1, 0.15) is 25.5 Å². The Morgan fingerprint density at radius 2 is 2.25 bits per heavy atom. The number of amides is 1. The summed E-state index contributed by atoms with van der Waals surface area (Å²) in [5.74, 6) is 0.209. The molecule has 1 aromatic carbocycles. The Hall–Kier alpha value is -1.71. The van der Waals surface area contributed by atoms with Gasteiger partial charge in [0.05, 0.1) is 6.04 Å². The number of nitrogens with zero attached hydrogens (tertiary/aromatic N) is 1. The Morgan fingerprint density at radius 1 is 1.50 bits per heavy atom. The number of benzene rings is 1. The molecule has 4 heteroatoms. The van der Waals surface area contributed by atoms with E-state index in [0.717, 1.165) is 5.56 Å². The minimum atomic E-state index is -0.289. The molecule has 4 nitrogen and oxygen atoms in total. The van der Waals surface area contributed by atoms with Gasteiger partial charge in [-0.25, -0.2) is 4.79 Å². The second-order valence-corrected chi connectivity index (χ2v) is 4.19. The third-order valence-electron chi connectivity index (χ3n) is 2.72. The number of cyclic esters (lactones) is 1. The fraction of sp³-hybridized carbons (Fsp3) is 0.417. The molecule has 1 aromatic rings. The fourth-order valence-electron chi connectivity index (χ4n) is 1.99. The molecule has 1 heterocycles. The third kappa shape index (κ3) is 1.83. The average molecular weight is 221 g/mol. The molecule has 1 saturated heterocycles. The second kappa shape index (κ2) is 4.04. The molecule has 2 rings (SSSR count). The highest BCUT2D eigenvalue weighted by atomic mass is 16.6. The van der Waals surface area contributed by atoms with Gasteiger partial charge in [0.25, 0.3) is 0 Å². The third-order valence-corrected chi connectivity index (χ3v) is 2.72. The Bertz CT molecular complexity index is 403. The molecular formula is C12H15NO3. The van der Waals surface area contributed by atoms with Crippen LogP contribution >= 0.6 is 0 Å². The van der Waals surface area contributed by atoms with Gasteiger partial charge in [-0.2, -0.15) is 0 Å². The molecule has 0 aliphatic carbocycles. The van der Waals surface area contributed by atoms with Gasteiger partial charge in [-0.15, -0.1) is 0 Å². The summed E-state index contributed by atoms with van der Waals surface area (Å²) in [6, 6.07) is 6.93. The van der Waals surface area contributed by atoms with Gasteiger partial charge in [0.1, 0.15) is 12.4 Å². The maximum Gasteiger partial charge on any atom is 0.410 e. The van der Waals surface area contributed by atoms with E-state index in [4.69, 9.17) is 4.74 Å². The highest BCUT2D eigenvalue weighted by Crippen LogP contribution is 2.30. The SMILES string of the molecule is CC(C)N1C(=O)OCC1c1cccc(O)c1. The van der Waals surface area contributed by atoms with E-state index in [1.807, 2.05) is 19.9 Å². The number of phenols is 1. The van der Waals surface area contributed by atoms with Gasteiger partial charge in [0, 0.05) is 6.04 Å². The Balaban J connectivity index is 2.30. The van der Waals surface area contributed by atoms with Crippen molar-refractivity contribution < 1.29 is 14.6 Å². The van der Waals surface area contributed by atoms with E-state index in [1.54, 1.807) is 23.1 Å². The van der Waals surface area contributed by atoms with Crippen LogP contribution in [0.15, 0.2) is 24.3 Å². The van der Waals surface area contributed by atoms with E-state index in [-0.39, 0.29) is 23.9 Å². The van der Waals surface area contributed by atoms with E-state index in [2.05, 4.69) is 0 Å². The molecular weight excluding hydrogens is 206 g/mol. The first-order valence-corrected chi connectivity index (χ1v) is 5.33. The summed E-state index contributed by atoms with van der Waals surface area (Å²) < 4.78 is 5.04. The average Bonchev–Trinajstić information content (AvgIpc) is 2.60. The minimum absolute atomic E-state index is 0.0855. The Kier molecular flexibility index (Phi) is 2.73. The van der Waals surface area contributed by atoms with Crippen LogP contribution in [-0.4, -0.2) is 28.7 Å². The molecule has 0 aromatic heterocycles. The first kappa shape index (κ1) is 10.8. The first-order valence-electron chi connectivity index (χ1n) is 5.33. The molecule has 1 unspecified atom stereocenters. The van der Waals surface area contributed by atoms with Gasteiger partial charge in [-0.3, -0.25) is 4.90 Å². The monoisotopic (exact) mass is 221 g/mol. The van der Waals surface area contributed by atoms with Gasteiger partial charge in [0.15, 0.2) is 0 Å². The van der Waals surface area contributed by atoms with Crippen LogP contribution in [0.4, 0.5) is 4.79 Å². The molecule has 1 fully saturated rings. The molecule has 0 spiro atoms. The zero-order valence-electron chi connectivity index (χ0n) is 9.38. The fourth-order valence-corrected chi connectivity index (χ4v) is 1.99. The maximum absolute atomic E-state index is 11.5. The number of carbonyl (C=O) groups excluding carboxylic acids is 1. The molecule has 1 aliphatic rings. The quantitative estimate of drug-likeness (QED) is 0.833. The van der Waals surface area contributed by atoms with Crippen molar-refractivity contribution in [2.75, 3.05) is 6.61 Å². The lowest BCUT2D eigenvalue weighted by atomic mass is 10.1. The van der Waals surface area contributed by atoms with E-state index in [0.29, 0.717) is 6.61 Å². The molecule has 1 N–H and O–H groups in total. The first-order chi connectivity index (χ1) is 7.59. The summed E-state index contributed by atoms with van der Waals surface area (Å²) in [4.78, 5) is 13.2. The van der Waals surface area contributed by atoms with Crippen molar-refractivity contribution in [2.24, 2.45) is 0 Å². The number of phenolic OH excluding ortho intramolecular Hbond substituents is 1. The minimum Gasteiger partial charge on any atom is -0.508 e. The van der Waals surface area contributed by atoms with Crippen LogP contribution < -0.4 is 0 Å². The van der Waals surface area contributed by atoms with Crippen molar-refractivity contribution >= 4 is 6.09 Å². The van der Waals surface area contributed by atoms with Crippen LogP contribution in [0, 0.1) is 0 Å². The predicted molar refractivity (Wildman–Crippen MR) is 59.2 cm³/mol. The smallest absolute Gasteiger partial charge is 0.410 e. The van der Waals surface area contributed by atoms with E-state index < -0.39 is 0 Å². The number of ether oxygens (including phenoxy) is 1. The zero-order chi connectivity index (χ0) is 11.7. The van der Waals surface area contributed by atoms with Crippen molar-refractivity contribution in [2.45, 2.75) is 25.9 Å². The van der Waals surface area contributed by atoms with Crippen molar-refractivity contribution in [1.82, 2.24) is 4.90 Å². The van der Waals surface area contributed by atoms with Gasteiger partial charge in [-0.05, 0) is 31.5 Å². The van der Waals surface area contributed by atoms with E-state index in [9.17, 15) is 9.90 Å². The highest BCUT2D eigenvalue weighted by Gasteiger charge is 2.35. The van der Waals surface area contributed by atoms with Crippen LogP contribution in [0.5, 0.6) is 5.75 Å². The van der Waals surface area contributed by atoms with Gasteiger partial charge in [-0.1, -0.05) is 12.1 Å². The lowest BCUT2D eigenvalue weighted by molar-refractivity contribution is 0.149. The molecule has 1 atom stereocenters. The summed E-state index contributed by atoms with van der Waals surface area (Å²) in [7, 11) is 0.